The molecule has 3 heteroatoms. The van der Waals surface area contributed by atoms with Gasteiger partial charge in [0, 0.05) is 25.1 Å². The Labute approximate surface area is 127 Å². The van der Waals surface area contributed by atoms with E-state index in [1.807, 2.05) is 11.3 Å². The van der Waals surface area contributed by atoms with E-state index in [1.165, 1.54) is 30.1 Å². The van der Waals surface area contributed by atoms with Crippen molar-refractivity contribution in [3.63, 3.8) is 0 Å². The predicted molar refractivity (Wildman–Crippen MR) is 89.7 cm³/mol. The maximum Gasteiger partial charge on any atom is 0.0496 e. The van der Waals surface area contributed by atoms with Crippen LogP contribution < -0.4 is 5.32 Å². The fourth-order valence-electron chi connectivity index (χ4n) is 2.18. The quantitative estimate of drug-likeness (QED) is 0.708. The fourth-order valence-corrected chi connectivity index (χ4v) is 3.85. The molecule has 2 rings (SSSR count). The number of rotatable bonds is 3. The average Bonchev–Trinajstić information content (AvgIpc) is 2.62. The number of nitrogens with one attached hydrogen (secondary N) is 1. The lowest BCUT2D eigenvalue weighted by atomic mass is 10.1. The molecule has 0 aliphatic heterocycles. The van der Waals surface area contributed by atoms with E-state index in [4.69, 9.17) is 0 Å². The Morgan fingerprint density at radius 3 is 2.44 bits per heavy atom. The number of benzene rings is 1. The number of aryl methyl sites for hydroxylation is 3. The monoisotopic (exact) mass is 371 g/mol. The molecule has 0 fully saturated rings. The first kappa shape index (κ1) is 13.9. The summed E-state index contributed by atoms with van der Waals surface area (Å²) in [5.74, 6) is 0. The van der Waals surface area contributed by atoms with Crippen LogP contribution >= 0.6 is 33.9 Å². The van der Waals surface area contributed by atoms with Gasteiger partial charge in [-0.05, 0) is 85.7 Å². The highest BCUT2D eigenvalue weighted by molar-refractivity contribution is 14.1. The van der Waals surface area contributed by atoms with E-state index in [9.17, 15) is 0 Å². The molecule has 1 heterocycles. The van der Waals surface area contributed by atoms with Gasteiger partial charge in [-0.25, -0.2) is 0 Å². The third-order valence-electron chi connectivity index (χ3n) is 3.11. The van der Waals surface area contributed by atoms with Crippen molar-refractivity contribution in [2.75, 3.05) is 5.32 Å². The zero-order valence-corrected chi connectivity index (χ0v) is 14.1. The van der Waals surface area contributed by atoms with Crippen LogP contribution in [0.5, 0.6) is 0 Å². The molecule has 0 aliphatic carbocycles. The third-order valence-corrected chi connectivity index (χ3v) is 4.76. The summed E-state index contributed by atoms with van der Waals surface area (Å²) in [5.41, 5.74) is 3.94. The molecular formula is C15H18INS. The van der Waals surface area contributed by atoms with Crippen molar-refractivity contribution in [1.29, 1.82) is 0 Å². The third kappa shape index (κ3) is 3.06. The standard InChI is InChI=1S/C15H18INS/c1-9-7-13(16)5-6-15(9)17-11(3)14-8-10(2)18-12(14)4/h5-8,11,17H,1-4H3. The van der Waals surface area contributed by atoms with Crippen LogP contribution in [0.3, 0.4) is 0 Å². The Bertz CT molecular complexity index is 560. The molecule has 1 atom stereocenters. The molecule has 0 saturated heterocycles. The van der Waals surface area contributed by atoms with Gasteiger partial charge in [0.05, 0.1) is 0 Å². The van der Waals surface area contributed by atoms with Crippen molar-refractivity contribution in [3.8, 4) is 0 Å². The lowest BCUT2D eigenvalue weighted by Crippen LogP contribution is -2.07. The summed E-state index contributed by atoms with van der Waals surface area (Å²) >= 11 is 4.22. The molecule has 0 amide bonds. The topological polar surface area (TPSA) is 12.0 Å². The van der Waals surface area contributed by atoms with Gasteiger partial charge in [-0.1, -0.05) is 0 Å². The van der Waals surface area contributed by atoms with Crippen LogP contribution in [-0.4, -0.2) is 0 Å². The number of halogens is 1. The van der Waals surface area contributed by atoms with Gasteiger partial charge in [0.1, 0.15) is 0 Å². The largest absolute Gasteiger partial charge is 0.378 e. The van der Waals surface area contributed by atoms with Gasteiger partial charge < -0.3 is 5.32 Å². The minimum atomic E-state index is 0.355. The second-order valence-corrected chi connectivity index (χ2v) is 7.40. The molecule has 1 aromatic carbocycles. The van der Waals surface area contributed by atoms with Crippen LogP contribution in [0.1, 0.15) is 33.8 Å². The van der Waals surface area contributed by atoms with Crippen molar-refractivity contribution in [2.45, 2.75) is 33.7 Å². The molecule has 0 aliphatic rings. The predicted octanol–water partition coefficient (Wildman–Crippen LogP) is 5.45. The van der Waals surface area contributed by atoms with E-state index in [2.05, 4.69) is 79.9 Å². The van der Waals surface area contributed by atoms with Crippen LogP contribution in [0.25, 0.3) is 0 Å². The Hall–Kier alpha value is -0.550. The zero-order valence-electron chi connectivity index (χ0n) is 11.2. The average molecular weight is 371 g/mol. The molecule has 1 aromatic heterocycles. The molecule has 1 N–H and O–H groups in total. The summed E-state index contributed by atoms with van der Waals surface area (Å²) < 4.78 is 1.28. The minimum absolute atomic E-state index is 0.355. The van der Waals surface area contributed by atoms with E-state index < -0.39 is 0 Å². The SMILES string of the molecule is Cc1cc(C(C)Nc2ccc(I)cc2C)c(C)s1. The molecule has 0 bridgehead atoms. The van der Waals surface area contributed by atoms with Crippen LogP contribution in [0.15, 0.2) is 24.3 Å². The van der Waals surface area contributed by atoms with Crippen molar-refractivity contribution in [1.82, 2.24) is 0 Å². The summed E-state index contributed by atoms with van der Waals surface area (Å²) in [6, 6.07) is 9.17. The van der Waals surface area contributed by atoms with Gasteiger partial charge in [-0.15, -0.1) is 11.3 Å². The lowest BCUT2D eigenvalue weighted by molar-refractivity contribution is 0.879. The van der Waals surface area contributed by atoms with Gasteiger partial charge in [0.15, 0.2) is 0 Å². The van der Waals surface area contributed by atoms with E-state index in [1.54, 1.807) is 0 Å². The Balaban J connectivity index is 2.21. The summed E-state index contributed by atoms with van der Waals surface area (Å²) in [5, 5.41) is 3.61. The zero-order chi connectivity index (χ0) is 13.3. The maximum absolute atomic E-state index is 3.61. The van der Waals surface area contributed by atoms with E-state index >= 15 is 0 Å². The van der Waals surface area contributed by atoms with Crippen molar-refractivity contribution >= 4 is 39.6 Å². The van der Waals surface area contributed by atoms with Crippen LogP contribution in [0.4, 0.5) is 5.69 Å². The summed E-state index contributed by atoms with van der Waals surface area (Å²) in [7, 11) is 0. The highest BCUT2D eigenvalue weighted by atomic mass is 127. The Morgan fingerprint density at radius 1 is 1.17 bits per heavy atom. The van der Waals surface area contributed by atoms with Gasteiger partial charge in [-0.3, -0.25) is 0 Å². The van der Waals surface area contributed by atoms with E-state index in [-0.39, 0.29) is 0 Å². The molecular weight excluding hydrogens is 353 g/mol. The first-order chi connectivity index (χ1) is 8.47. The van der Waals surface area contributed by atoms with Gasteiger partial charge >= 0.3 is 0 Å². The van der Waals surface area contributed by atoms with Crippen molar-refractivity contribution in [3.05, 3.63) is 48.7 Å². The first-order valence-corrected chi connectivity index (χ1v) is 7.96. The lowest BCUT2D eigenvalue weighted by Gasteiger charge is -2.17. The van der Waals surface area contributed by atoms with Gasteiger partial charge in [0.2, 0.25) is 0 Å². The molecule has 96 valence electrons. The Morgan fingerprint density at radius 2 is 1.89 bits per heavy atom. The molecule has 2 aromatic rings. The second kappa shape index (κ2) is 5.61. The van der Waals surface area contributed by atoms with Crippen molar-refractivity contribution < 1.29 is 0 Å². The number of hydrogen-bond donors (Lipinski definition) is 1. The maximum atomic E-state index is 3.61. The van der Waals surface area contributed by atoms with Gasteiger partial charge in [-0.2, -0.15) is 0 Å². The molecule has 1 nitrogen and oxygen atoms in total. The van der Waals surface area contributed by atoms with E-state index in [0.717, 1.165) is 0 Å². The number of hydrogen-bond acceptors (Lipinski definition) is 2. The van der Waals surface area contributed by atoms with E-state index in [0.29, 0.717) is 6.04 Å². The Kier molecular flexibility index (Phi) is 4.33. The van der Waals surface area contributed by atoms with Crippen LogP contribution in [-0.2, 0) is 0 Å². The molecule has 1 unspecified atom stereocenters. The fraction of sp³-hybridized carbons (Fsp3) is 0.333. The second-order valence-electron chi connectivity index (χ2n) is 4.69. The number of anilines is 1. The van der Waals surface area contributed by atoms with Crippen molar-refractivity contribution in [2.24, 2.45) is 0 Å². The highest BCUT2D eigenvalue weighted by Gasteiger charge is 2.11. The summed E-state index contributed by atoms with van der Waals surface area (Å²) in [6.45, 7) is 8.75. The molecule has 0 saturated carbocycles. The molecule has 0 spiro atoms. The highest BCUT2D eigenvalue weighted by Crippen LogP contribution is 2.29. The van der Waals surface area contributed by atoms with Crippen LogP contribution in [0, 0.1) is 24.3 Å². The molecule has 18 heavy (non-hydrogen) atoms. The minimum Gasteiger partial charge on any atom is -0.378 e. The summed E-state index contributed by atoms with van der Waals surface area (Å²) in [6.07, 6.45) is 0. The summed E-state index contributed by atoms with van der Waals surface area (Å²) in [4.78, 5) is 2.80. The number of thiophene rings is 1. The molecule has 0 radical (unpaired) electrons. The van der Waals surface area contributed by atoms with Crippen LogP contribution in [0.2, 0.25) is 0 Å². The normalized spacial score (nSPS) is 12.5. The smallest absolute Gasteiger partial charge is 0.0496 e. The van der Waals surface area contributed by atoms with Gasteiger partial charge in [0.25, 0.3) is 0 Å². The first-order valence-electron chi connectivity index (χ1n) is 6.07.